The smallest absolute Gasteiger partial charge is 0.407 e. The molecule has 0 fully saturated rings. The van der Waals surface area contributed by atoms with Crippen LogP contribution in [0.2, 0.25) is 0 Å². The van der Waals surface area contributed by atoms with Crippen molar-refractivity contribution in [1.29, 1.82) is 0 Å². The summed E-state index contributed by atoms with van der Waals surface area (Å²) in [6.07, 6.45) is 19.9. The van der Waals surface area contributed by atoms with E-state index in [0.717, 1.165) is 109 Å². The van der Waals surface area contributed by atoms with E-state index in [4.69, 9.17) is 9.47 Å². The van der Waals surface area contributed by atoms with Gasteiger partial charge in [-0.25, -0.2) is 29.1 Å². The zero-order valence-corrected chi connectivity index (χ0v) is 36.3. The van der Waals surface area contributed by atoms with Gasteiger partial charge in [0.1, 0.15) is 6.10 Å². The van der Waals surface area contributed by atoms with E-state index >= 15 is 0 Å². The number of amides is 6. The summed E-state index contributed by atoms with van der Waals surface area (Å²) in [6, 6.07) is 1.86. The molecule has 6 amide bonds. The number of nitrogens with one attached hydrogen (secondary N) is 8. The molecule has 338 valence electrons. The zero-order chi connectivity index (χ0) is 43.6. The fourth-order valence-corrected chi connectivity index (χ4v) is 6.39. The lowest BCUT2D eigenvalue weighted by molar-refractivity contribution is 0.0844. The van der Waals surface area contributed by atoms with E-state index in [1.54, 1.807) is 13.8 Å². The van der Waals surface area contributed by atoms with Crippen molar-refractivity contribution >= 4 is 36.1 Å². The van der Waals surface area contributed by atoms with Crippen molar-refractivity contribution < 1.29 is 28.7 Å². The van der Waals surface area contributed by atoms with Crippen LogP contribution >= 0.6 is 0 Å². The number of aromatic nitrogens is 4. The minimum Gasteiger partial charge on any atom is -0.450 e. The first-order valence-electron chi connectivity index (χ1n) is 22.1. The first kappa shape index (κ1) is 51.0. The Labute approximate surface area is 354 Å². The van der Waals surface area contributed by atoms with Crippen molar-refractivity contribution in [2.45, 2.75) is 162 Å². The van der Waals surface area contributed by atoms with Gasteiger partial charge in [-0.15, -0.1) is 0 Å². The first-order chi connectivity index (χ1) is 29.0. The van der Waals surface area contributed by atoms with Gasteiger partial charge in [0.2, 0.25) is 11.9 Å². The van der Waals surface area contributed by atoms with E-state index in [0.29, 0.717) is 44.2 Å². The van der Waals surface area contributed by atoms with Gasteiger partial charge in [-0.3, -0.25) is 30.2 Å². The number of H-pyrrole nitrogens is 2. The topological polar surface area (TPSA) is 250 Å². The second-order valence-electron chi connectivity index (χ2n) is 15.2. The SMILES string of the molecule is CCCCC(CCCCCCCCCCCOC(=O)NCCCCCCNC(=O)Nc1nc(C)cc(=O)[nH]1)OC(=O)NCCCCCCNC(=O)Nc1nc(C)cc(=O)[nH]1. The summed E-state index contributed by atoms with van der Waals surface area (Å²) < 4.78 is 11.1. The van der Waals surface area contributed by atoms with Crippen LogP contribution in [0, 0.1) is 13.8 Å². The Hall–Kier alpha value is -5.16. The van der Waals surface area contributed by atoms with Gasteiger partial charge in [-0.2, -0.15) is 0 Å². The maximum Gasteiger partial charge on any atom is 0.407 e. The summed E-state index contributed by atoms with van der Waals surface area (Å²) >= 11 is 0. The number of hydrogen-bond donors (Lipinski definition) is 8. The molecule has 2 heterocycles. The molecule has 0 radical (unpaired) electrons. The van der Waals surface area contributed by atoms with Crippen LogP contribution in [0.15, 0.2) is 21.7 Å². The van der Waals surface area contributed by atoms with Crippen LogP contribution in [0.5, 0.6) is 0 Å². The van der Waals surface area contributed by atoms with E-state index in [-0.39, 0.29) is 41.3 Å². The van der Waals surface area contributed by atoms with Crippen molar-refractivity contribution in [3.63, 3.8) is 0 Å². The third-order valence-corrected chi connectivity index (χ3v) is 9.58. The summed E-state index contributed by atoms with van der Waals surface area (Å²) in [5.41, 5.74) is 0.398. The highest BCUT2D eigenvalue weighted by Crippen LogP contribution is 2.16. The molecule has 8 N–H and O–H groups in total. The molecular formula is C42H72N10O8. The van der Waals surface area contributed by atoms with Crippen molar-refractivity contribution in [3.8, 4) is 0 Å². The summed E-state index contributed by atoms with van der Waals surface area (Å²) in [7, 11) is 0. The van der Waals surface area contributed by atoms with Crippen LogP contribution in [-0.4, -0.2) is 83.1 Å². The van der Waals surface area contributed by atoms with Crippen LogP contribution in [0.25, 0.3) is 0 Å². The lowest BCUT2D eigenvalue weighted by Gasteiger charge is -2.18. The standard InChI is InChI=1S/C42H72N10O8/c1-4-5-23-34(60-42(58)46-28-21-15-13-19-26-44-40(56)52-38-48-33(3)31-36(54)50-38)24-17-11-9-7-6-8-10-16-22-29-59-41(57)45-27-20-14-12-18-25-43-39(55)51-37-47-32(2)30-35(53)49-37/h30-31,34H,4-29H2,1-3H3,(H,45,57)(H,46,58)(H3,43,47,49,51,53,55)(H3,44,48,50,52,54,56). The lowest BCUT2D eigenvalue weighted by atomic mass is 10.0. The van der Waals surface area contributed by atoms with Crippen LogP contribution in [-0.2, 0) is 9.47 Å². The largest absolute Gasteiger partial charge is 0.450 e. The molecular weight excluding hydrogens is 773 g/mol. The summed E-state index contributed by atoms with van der Waals surface area (Å²) in [5.74, 6) is 0.230. The lowest BCUT2D eigenvalue weighted by Crippen LogP contribution is -2.31. The van der Waals surface area contributed by atoms with Gasteiger partial charge in [0.05, 0.1) is 6.61 Å². The zero-order valence-electron chi connectivity index (χ0n) is 36.3. The Morgan fingerprint density at radius 2 is 0.950 bits per heavy atom. The molecule has 18 nitrogen and oxygen atoms in total. The molecule has 1 atom stereocenters. The molecule has 0 aliphatic carbocycles. The summed E-state index contributed by atoms with van der Waals surface area (Å²) in [6.45, 7) is 8.02. The predicted molar refractivity (Wildman–Crippen MR) is 233 cm³/mol. The van der Waals surface area contributed by atoms with E-state index < -0.39 is 12.1 Å². The normalized spacial score (nSPS) is 11.3. The molecule has 0 saturated heterocycles. The Balaban J connectivity index is 1.35. The van der Waals surface area contributed by atoms with Gasteiger partial charge in [-0.05, 0) is 65.2 Å². The Morgan fingerprint density at radius 1 is 0.550 bits per heavy atom. The monoisotopic (exact) mass is 845 g/mol. The predicted octanol–water partition coefficient (Wildman–Crippen LogP) is 7.45. The first-order valence-corrected chi connectivity index (χ1v) is 22.1. The molecule has 0 saturated carbocycles. The number of urea groups is 2. The number of ether oxygens (including phenoxy) is 2. The minimum absolute atomic E-state index is 0.0558. The summed E-state index contributed by atoms with van der Waals surface area (Å²) in [5, 5.41) is 16.2. The molecule has 0 spiro atoms. The Morgan fingerprint density at radius 3 is 1.42 bits per heavy atom. The van der Waals surface area contributed by atoms with Crippen molar-refractivity contribution in [3.05, 3.63) is 44.2 Å². The molecule has 1 unspecified atom stereocenters. The molecule has 0 aliphatic rings. The number of carbonyl (C=O) groups excluding carboxylic acids is 4. The van der Waals surface area contributed by atoms with Gasteiger partial charge in [0.25, 0.3) is 11.1 Å². The van der Waals surface area contributed by atoms with E-state index in [2.05, 4.69) is 58.8 Å². The fourth-order valence-electron chi connectivity index (χ4n) is 6.39. The maximum atomic E-state index is 12.4. The number of nitrogens with zero attached hydrogens (tertiary/aromatic N) is 2. The molecule has 0 bridgehead atoms. The van der Waals surface area contributed by atoms with Gasteiger partial charge >= 0.3 is 24.2 Å². The number of carbonyl (C=O) groups is 4. The second-order valence-corrected chi connectivity index (χ2v) is 15.2. The Bertz CT molecular complexity index is 1640. The van der Waals surface area contributed by atoms with Gasteiger partial charge in [0, 0.05) is 49.7 Å². The number of anilines is 2. The van der Waals surface area contributed by atoms with Crippen LogP contribution < -0.4 is 43.0 Å². The van der Waals surface area contributed by atoms with Crippen molar-refractivity contribution in [2.75, 3.05) is 43.4 Å². The quantitative estimate of drug-likeness (QED) is 0.0338. The number of rotatable bonds is 32. The number of unbranched alkanes of at least 4 members (excludes halogenated alkanes) is 15. The van der Waals surface area contributed by atoms with Crippen LogP contribution in [0.4, 0.5) is 31.1 Å². The molecule has 2 aromatic rings. The minimum atomic E-state index is -0.423. The number of alkyl carbamates (subject to hydrolysis) is 2. The summed E-state index contributed by atoms with van der Waals surface area (Å²) in [4.78, 5) is 84.3. The molecule has 2 rings (SSSR count). The molecule has 0 aliphatic heterocycles. The maximum absolute atomic E-state index is 12.4. The fraction of sp³-hybridized carbons (Fsp3) is 0.714. The molecule has 18 heteroatoms. The van der Waals surface area contributed by atoms with Crippen molar-refractivity contribution in [2.24, 2.45) is 0 Å². The number of aryl methyl sites for hydroxylation is 2. The van der Waals surface area contributed by atoms with Crippen LogP contribution in [0.3, 0.4) is 0 Å². The number of aromatic amines is 2. The third-order valence-electron chi connectivity index (χ3n) is 9.58. The Kier molecular flexibility index (Phi) is 27.8. The highest BCUT2D eigenvalue weighted by atomic mass is 16.6. The van der Waals surface area contributed by atoms with E-state index in [9.17, 15) is 28.8 Å². The highest BCUT2D eigenvalue weighted by molar-refractivity contribution is 5.87. The average Bonchev–Trinajstić information content (AvgIpc) is 3.18. The third kappa shape index (κ3) is 27.5. The molecule has 2 aromatic heterocycles. The average molecular weight is 845 g/mol. The van der Waals surface area contributed by atoms with Crippen LogP contribution in [0.1, 0.15) is 153 Å². The van der Waals surface area contributed by atoms with Gasteiger partial charge in [0.15, 0.2) is 0 Å². The molecule has 0 aromatic carbocycles. The molecule has 60 heavy (non-hydrogen) atoms. The van der Waals surface area contributed by atoms with Crippen molar-refractivity contribution in [1.82, 2.24) is 41.2 Å². The van der Waals surface area contributed by atoms with E-state index in [1.165, 1.54) is 37.8 Å². The highest BCUT2D eigenvalue weighted by Gasteiger charge is 2.14. The second kappa shape index (κ2) is 32.7. The van der Waals surface area contributed by atoms with Gasteiger partial charge < -0.3 is 30.7 Å². The van der Waals surface area contributed by atoms with E-state index in [1.807, 2.05) is 0 Å². The van der Waals surface area contributed by atoms with Gasteiger partial charge in [-0.1, -0.05) is 90.4 Å². The number of hydrogen-bond acceptors (Lipinski definition) is 10.